The molecule has 0 amide bonds. The van der Waals surface area contributed by atoms with Crippen LogP contribution in [0.1, 0.15) is 8.42 Å². The number of nitrogens with zero attached hydrogens (tertiary/aromatic N) is 1. The van der Waals surface area contributed by atoms with Gasteiger partial charge < -0.3 is 12.9 Å². The van der Waals surface area contributed by atoms with E-state index in [1.807, 2.05) is 30.3 Å². The van der Waals surface area contributed by atoms with E-state index in [4.69, 9.17) is 0 Å². The number of rotatable bonds is 0. The van der Waals surface area contributed by atoms with Crippen molar-refractivity contribution in [2.75, 3.05) is 11.9 Å². The van der Waals surface area contributed by atoms with Crippen LogP contribution in [0.15, 0.2) is 30.5 Å². The van der Waals surface area contributed by atoms with Gasteiger partial charge in [-0.2, -0.15) is 0 Å². The number of hydrogen-bond acceptors (Lipinski definition) is 2. The summed E-state index contributed by atoms with van der Waals surface area (Å²) in [4.78, 5) is 1.94. The number of anilines is 1. The second-order valence-corrected chi connectivity index (χ2v) is 2.98. The Bertz CT molecular complexity index is 344. The molecule has 0 radical (unpaired) electrons. The van der Waals surface area contributed by atoms with Crippen molar-refractivity contribution in [3.63, 3.8) is 0 Å². The molecule has 0 saturated carbocycles. The molecule has 0 bridgehead atoms. The van der Waals surface area contributed by atoms with Gasteiger partial charge in [0.25, 0.3) is 0 Å². The summed E-state index contributed by atoms with van der Waals surface area (Å²) in [5.41, 5.74) is 2.11. The molecule has 13 heavy (non-hydrogen) atoms. The van der Waals surface area contributed by atoms with Gasteiger partial charge in [-0.25, -0.2) is 0 Å². The Labute approximate surface area is 84.7 Å². The summed E-state index contributed by atoms with van der Waals surface area (Å²) in [5, 5.41) is 9.55. The van der Waals surface area contributed by atoms with Crippen LogP contribution in [0, 0.1) is 0 Å². The second kappa shape index (κ2) is 3.63. The number of hydrogen-bond donors (Lipinski definition) is 1. The summed E-state index contributed by atoms with van der Waals surface area (Å²) in [6.45, 7) is 0. The van der Waals surface area contributed by atoms with Gasteiger partial charge in [0.05, 0.1) is 5.69 Å². The van der Waals surface area contributed by atoms with Crippen LogP contribution in [0.2, 0.25) is 0 Å². The first-order valence-corrected chi connectivity index (χ1v) is 3.99. The fourth-order valence-electron chi connectivity index (χ4n) is 1.56. The molecule has 0 spiro atoms. The molecular formula is C10H13BeNO. The molecule has 0 atom stereocenters. The second-order valence-electron chi connectivity index (χ2n) is 2.98. The van der Waals surface area contributed by atoms with Crippen LogP contribution in [0.4, 0.5) is 5.69 Å². The molecule has 0 aromatic heterocycles. The largest absolute Gasteiger partial charge is 2.00 e. The molecule has 1 aromatic rings. The third-order valence-corrected chi connectivity index (χ3v) is 2.12. The quantitative estimate of drug-likeness (QED) is 0.602. The van der Waals surface area contributed by atoms with Crippen molar-refractivity contribution < 1.29 is 7.96 Å². The van der Waals surface area contributed by atoms with Crippen LogP contribution < -0.4 is 4.90 Å². The maximum Gasteiger partial charge on any atom is 2.00 e. The molecule has 0 unspecified atom stereocenters. The number of phenolic OH excluding ortho intramolecular Hbond substituents is 1. The number of benzene rings is 1. The minimum atomic E-state index is 0. The maximum atomic E-state index is 9.55. The normalized spacial score (nSPS) is 13.5. The van der Waals surface area contributed by atoms with Crippen LogP contribution >= 0.6 is 0 Å². The van der Waals surface area contributed by atoms with Crippen LogP contribution in [-0.2, 0) is 6.42 Å². The monoisotopic (exact) mass is 172 g/mol. The molecular weight excluding hydrogens is 159 g/mol. The van der Waals surface area contributed by atoms with Gasteiger partial charge in [-0.3, -0.25) is 0 Å². The topological polar surface area (TPSA) is 23.5 Å². The molecule has 1 aliphatic rings. The predicted molar refractivity (Wildman–Crippen MR) is 57.3 cm³/mol. The SMILES string of the molecule is CN1C=CCc2cccc(O)c21.[Be+2].[H-].[H-]. The van der Waals surface area contributed by atoms with Crippen molar-refractivity contribution in [3.05, 3.63) is 36.0 Å². The van der Waals surface area contributed by atoms with Crippen LogP contribution in [0.5, 0.6) is 5.75 Å². The summed E-state index contributed by atoms with van der Waals surface area (Å²) in [5.74, 6) is 0.361. The zero-order valence-corrected chi connectivity index (χ0v) is 7.70. The van der Waals surface area contributed by atoms with E-state index in [2.05, 4.69) is 6.08 Å². The van der Waals surface area contributed by atoms with Gasteiger partial charge >= 0.3 is 10.1 Å². The third-order valence-electron chi connectivity index (χ3n) is 2.12. The zero-order valence-electron chi connectivity index (χ0n) is 9.70. The number of fused-ring (bicyclic) bond motifs is 1. The number of phenols is 1. The summed E-state index contributed by atoms with van der Waals surface area (Å²) in [6.07, 6.45) is 4.97. The summed E-state index contributed by atoms with van der Waals surface area (Å²) in [6, 6.07) is 5.63. The number of allylic oxidation sites excluding steroid dienone is 1. The smallest absolute Gasteiger partial charge is 1.00 e. The molecule has 1 heterocycles. The fourth-order valence-corrected chi connectivity index (χ4v) is 1.56. The maximum absolute atomic E-state index is 9.55. The Morgan fingerprint density at radius 2 is 2.23 bits per heavy atom. The van der Waals surface area contributed by atoms with Crippen molar-refractivity contribution in [3.8, 4) is 5.75 Å². The van der Waals surface area contributed by atoms with E-state index < -0.39 is 0 Å². The van der Waals surface area contributed by atoms with Gasteiger partial charge in [0.2, 0.25) is 0 Å². The molecule has 0 aliphatic carbocycles. The van der Waals surface area contributed by atoms with Gasteiger partial charge in [0.15, 0.2) is 0 Å². The van der Waals surface area contributed by atoms with E-state index in [1.165, 1.54) is 5.56 Å². The van der Waals surface area contributed by atoms with Gasteiger partial charge in [-0.05, 0) is 18.1 Å². The summed E-state index contributed by atoms with van der Waals surface area (Å²) in [7, 11) is 1.94. The van der Waals surface area contributed by atoms with E-state index in [1.54, 1.807) is 6.07 Å². The first-order valence-electron chi connectivity index (χ1n) is 3.99. The molecule has 0 saturated heterocycles. The molecule has 2 nitrogen and oxygen atoms in total. The van der Waals surface area contributed by atoms with Gasteiger partial charge in [0.1, 0.15) is 5.75 Å². The van der Waals surface area contributed by atoms with E-state index >= 15 is 0 Å². The minimum Gasteiger partial charge on any atom is -1.00 e. The average molecular weight is 172 g/mol. The van der Waals surface area contributed by atoms with Crippen LogP contribution in [0.3, 0.4) is 0 Å². The standard InChI is InChI=1S/C10H11NO.Be.2H/c1-11-7-3-5-8-4-2-6-9(12)10(8)11;;;/h2-4,6-7,12H,5H2,1H3;;;/q;+2;2*-1. The van der Waals surface area contributed by atoms with Crippen LogP contribution in [-0.4, -0.2) is 22.3 Å². The third kappa shape index (κ3) is 1.58. The molecule has 66 valence electrons. The van der Waals surface area contributed by atoms with E-state index in [-0.39, 0.29) is 13.0 Å². The van der Waals surface area contributed by atoms with Gasteiger partial charge in [0, 0.05) is 13.2 Å². The Morgan fingerprint density at radius 1 is 1.46 bits per heavy atom. The van der Waals surface area contributed by atoms with Crippen molar-refractivity contribution >= 4 is 15.8 Å². The minimum absolute atomic E-state index is 0. The zero-order chi connectivity index (χ0) is 8.55. The van der Waals surface area contributed by atoms with Crippen molar-refractivity contribution in [2.24, 2.45) is 0 Å². The fraction of sp³-hybridized carbons (Fsp3) is 0.200. The van der Waals surface area contributed by atoms with Crippen molar-refractivity contribution in [2.45, 2.75) is 6.42 Å². The molecule has 3 heteroatoms. The molecule has 2 rings (SSSR count). The van der Waals surface area contributed by atoms with E-state index in [0.29, 0.717) is 5.75 Å². The van der Waals surface area contributed by atoms with E-state index in [9.17, 15) is 5.11 Å². The predicted octanol–water partition coefficient (Wildman–Crippen LogP) is 1.74. The molecule has 1 N–H and O–H groups in total. The molecule has 0 fully saturated rings. The Balaban J connectivity index is 0. The number of para-hydroxylation sites is 1. The van der Waals surface area contributed by atoms with Crippen LogP contribution in [0.25, 0.3) is 0 Å². The Hall–Kier alpha value is -1.27. The van der Waals surface area contributed by atoms with Crippen molar-refractivity contribution in [1.82, 2.24) is 0 Å². The van der Waals surface area contributed by atoms with E-state index in [0.717, 1.165) is 12.1 Å². The first-order chi connectivity index (χ1) is 5.79. The van der Waals surface area contributed by atoms with Crippen molar-refractivity contribution in [1.29, 1.82) is 0 Å². The molecule has 1 aromatic carbocycles. The summed E-state index contributed by atoms with van der Waals surface area (Å²) >= 11 is 0. The average Bonchev–Trinajstić information content (AvgIpc) is 2.04. The van der Waals surface area contributed by atoms with Gasteiger partial charge in [-0.15, -0.1) is 0 Å². The summed E-state index contributed by atoms with van der Waals surface area (Å²) < 4.78 is 0. The first kappa shape index (κ1) is 9.81. The number of aromatic hydroxyl groups is 1. The van der Waals surface area contributed by atoms with Gasteiger partial charge in [-0.1, -0.05) is 18.2 Å². The Kier molecular flexibility index (Phi) is 2.74. The molecule has 1 aliphatic heterocycles. The Morgan fingerprint density at radius 3 is 2.92 bits per heavy atom.